The average molecular weight is 241 g/mol. The van der Waals surface area contributed by atoms with Crippen molar-refractivity contribution >= 4 is 23.1 Å². The van der Waals surface area contributed by atoms with Gasteiger partial charge in [0.2, 0.25) is 0 Å². The Labute approximate surface area is 101 Å². The number of halogens is 1. The van der Waals surface area contributed by atoms with E-state index in [2.05, 4.69) is 21.7 Å². The van der Waals surface area contributed by atoms with Gasteiger partial charge in [-0.2, -0.15) is 0 Å². The van der Waals surface area contributed by atoms with Crippen molar-refractivity contribution in [2.24, 2.45) is 0 Å². The lowest BCUT2D eigenvalue weighted by molar-refractivity contribution is 0.270. The van der Waals surface area contributed by atoms with Gasteiger partial charge < -0.3 is 15.5 Å². The minimum atomic E-state index is 0.524. The van der Waals surface area contributed by atoms with E-state index >= 15 is 0 Å². The second-order valence-electron chi connectivity index (χ2n) is 3.99. The van der Waals surface area contributed by atoms with Crippen molar-refractivity contribution in [3.05, 3.63) is 17.3 Å². The van der Waals surface area contributed by atoms with Crippen molar-refractivity contribution in [1.29, 1.82) is 0 Å². The van der Waals surface area contributed by atoms with Crippen molar-refractivity contribution < 1.29 is 0 Å². The fourth-order valence-electron chi connectivity index (χ4n) is 1.91. The highest BCUT2D eigenvalue weighted by Crippen LogP contribution is 2.22. The number of pyridine rings is 1. The molecular formula is C11H17ClN4. The lowest BCUT2D eigenvalue weighted by atomic mass is 10.3. The molecule has 0 atom stereocenters. The highest BCUT2D eigenvalue weighted by Gasteiger charge is 2.17. The van der Waals surface area contributed by atoms with E-state index in [0.717, 1.165) is 38.5 Å². The van der Waals surface area contributed by atoms with E-state index in [1.165, 1.54) is 0 Å². The van der Waals surface area contributed by atoms with E-state index in [1.807, 2.05) is 6.07 Å². The average Bonchev–Trinajstić information content (AvgIpc) is 2.33. The lowest BCUT2D eigenvalue weighted by Gasteiger charge is -2.34. The third-order valence-electron chi connectivity index (χ3n) is 3.01. The van der Waals surface area contributed by atoms with Crippen LogP contribution in [0, 0.1) is 0 Å². The fraction of sp³-hybridized carbons (Fsp3) is 0.545. The van der Waals surface area contributed by atoms with Crippen LogP contribution in [0.1, 0.15) is 6.92 Å². The number of hydrogen-bond acceptors (Lipinski definition) is 4. The molecule has 1 aliphatic heterocycles. The lowest BCUT2D eigenvalue weighted by Crippen LogP contribution is -2.46. The topological polar surface area (TPSA) is 45.4 Å². The quantitative estimate of drug-likeness (QED) is 0.850. The molecule has 2 rings (SSSR count). The fourth-order valence-corrected chi connectivity index (χ4v) is 2.01. The summed E-state index contributed by atoms with van der Waals surface area (Å²) in [7, 11) is 0. The van der Waals surface area contributed by atoms with Crippen molar-refractivity contribution in [3.8, 4) is 0 Å². The summed E-state index contributed by atoms with van der Waals surface area (Å²) in [5, 5.41) is 0.524. The molecule has 0 aliphatic carbocycles. The zero-order valence-electron chi connectivity index (χ0n) is 9.49. The smallest absolute Gasteiger partial charge is 0.130 e. The predicted molar refractivity (Wildman–Crippen MR) is 68.0 cm³/mol. The third-order valence-corrected chi connectivity index (χ3v) is 3.33. The molecule has 1 saturated heterocycles. The van der Waals surface area contributed by atoms with Crippen LogP contribution in [0.4, 0.5) is 11.5 Å². The summed E-state index contributed by atoms with van der Waals surface area (Å²) in [6.45, 7) is 7.48. The van der Waals surface area contributed by atoms with Crippen LogP contribution < -0.4 is 10.6 Å². The maximum Gasteiger partial charge on any atom is 0.130 e. The maximum absolute atomic E-state index is 5.85. The molecule has 0 spiro atoms. The van der Waals surface area contributed by atoms with E-state index in [4.69, 9.17) is 17.3 Å². The Balaban J connectivity index is 2.05. The molecule has 1 fully saturated rings. The van der Waals surface area contributed by atoms with Gasteiger partial charge in [0.25, 0.3) is 0 Å². The van der Waals surface area contributed by atoms with Crippen LogP contribution in [-0.2, 0) is 0 Å². The number of nitrogen functional groups attached to an aromatic ring is 1. The van der Waals surface area contributed by atoms with E-state index in [9.17, 15) is 0 Å². The molecule has 16 heavy (non-hydrogen) atoms. The first-order valence-corrected chi connectivity index (χ1v) is 5.97. The predicted octanol–water partition coefficient (Wildman–Crippen LogP) is 1.46. The Morgan fingerprint density at radius 1 is 1.38 bits per heavy atom. The Morgan fingerprint density at radius 3 is 2.62 bits per heavy atom. The molecule has 2 heterocycles. The van der Waals surface area contributed by atoms with Gasteiger partial charge in [-0.3, -0.25) is 0 Å². The van der Waals surface area contributed by atoms with Crippen molar-refractivity contribution in [2.45, 2.75) is 6.92 Å². The zero-order valence-corrected chi connectivity index (χ0v) is 10.2. The van der Waals surface area contributed by atoms with Gasteiger partial charge in [0.1, 0.15) is 5.82 Å². The van der Waals surface area contributed by atoms with Crippen LogP contribution in [0.3, 0.4) is 0 Å². The Morgan fingerprint density at radius 2 is 2.06 bits per heavy atom. The molecule has 2 N–H and O–H groups in total. The number of anilines is 2. The summed E-state index contributed by atoms with van der Waals surface area (Å²) in [4.78, 5) is 8.98. The first kappa shape index (κ1) is 11.5. The Kier molecular flexibility index (Phi) is 3.51. The van der Waals surface area contributed by atoms with E-state index in [0.29, 0.717) is 10.7 Å². The van der Waals surface area contributed by atoms with Crippen LogP contribution in [0.2, 0.25) is 5.02 Å². The van der Waals surface area contributed by atoms with Gasteiger partial charge in [-0.1, -0.05) is 18.5 Å². The molecule has 0 saturated carbocycles. The van der Waals surface area contributed by atoms with Crippen molar-refractivity contribution in [1.82, 2.24) is 9.88 Å². The second kappa shape index (κ2) is 4.89. The Hall–Kier alpha value is -1.00. The summed E-state index contributed by atoms with van der Waals surface area (Å²) in [6, 6.07) is 1.85. The molecule has 0 amide bonds. The van der Waals surface area contributed by atoms with Gasteiger partial charge in [-0.25, -0.2) is 4.98 Å². The first-order valence-electron chi connectivity index (χ1n) is 5.59. The van der Waals surface area contributed by atoms with Gasteiger partial charge in [-0.15, -0.1) is 0 Å². The van der Waals surface area contributed by atoms with Gasteiger partial charge in [0.15, 0.2) is 0 Å². The molecule has 1 aromatic heterocycles. The van der Waals surface area contributed by atoms with Gasteiger partial charge in [-0.05, 0) is 6.54 Å². The van der Waals surface area contributed by atoms with Crippen molar-refractivity contribution in [3.63, 3.8) is 0 Å². The minimum absolute atomic E-state index is 0.524. The summed E-state index contributed by atoms with van der Waals surface area (Å²) in [5.41, 5.74) is 6.37. The second-order valence-corrected chi connectivity index (χ2v) is 4.39. The molecule has 0 unspecified atom stereocenters. The summed E-state index contributed by atoms with van der Waals surface area (Å²) >= 11 is 5.85. The van der Waals surface area contributed by atoms with E-state index < -0.39 is 0 Å². The van der Waals surface area contributed by atoms with Crippen LogP contribution in [-0.4, -0.2) is 42.6 Å². The van der Waals surface area contributed by atoms with E-state index in [1.54, 1.807) is 6.20 Å². The monoisotopic (exact) mass is 240 g/mol. The molecule has 0 aromatic carbocycles. The number of nitrogens with zero attached hydrogens (tertiary/aromatic N) is 3. The van der Waals surface area contributed by atoms with Gasteiger partial charge in [0, 0.05) is 38.4 Å². The molecule has 1 aliphatic rings. The molecular weight excluding hydrogens is 224 g/mol. The number of likely N-dealkylation sites (N-methyl/N-ethyl adjacent to an activating group) is 1. The zero-order chi connectivity index (χ0) is 11.5. The standard InChI is InChI=1S/C11H17ClN4/c1-2-15-3-5-16(6-4-15)11-7-10(13)9(12)8-14-11/h7-8H,2-6H2,1H3,(H2,13,14). The Bertz CT molecular complexity index is 361. The van der Waals surface area contributed by atoms with Crippen LogP contribution in [0.15, 0.2) is 12.3 Å². The van der Waals surface area contributed by atoms with Crippen LogP contribution >= 0.6 is 11.6 Å². The van der Waals surface area contributed by atoms with Crippen LogP contribution in [0.25, 0.3) is 0 Å². The highest BCUT2D eigenvalue weighted by atomic mass is 35.5. The summed E-state index contributed by atoms with van der Waals surface area (Å²) in [6.07, 6.45) is 1.62. The van der Waals surface area contributed by atoms with Gasteiger partial charge >= 0.3 is 0 Å². The number of rotatable bonds is 2. The number of aromatic nitrogens is 1. The van der Waals surface area contributed by atoms with Gasteiger partial charge in [0.05, 0.1) is 10.7 Å². The normalized spacial score (nSPS) is 17.8. The maximum atomic E-state index is 5.85. The molecule has 0 bridgehead atoms. The number of piperazine rings is 1. The summed E-state index contributed by atoms with van der Waals surface area (Å²) in [5.74, 6) is 0.928. The SMILES string of the molecule is CCN1CCN(c2cc(N)c(Cl)cn2)CC1. The van der Waals surface area contributed by atoms with E-state index in [-0.39, 0.29) is 0 Å². The summed E-state index contributed by atoms with van der Waals surface area (Å²) < 4.78 is 0. The van der Waals surface area contributed by atoms with Crippen LogP contribution in [0.5, 0.6) is 0 Å². The van der Waals surface area contributed by atoms with Crippen molar-refractivity contribution in [2.75, 3.05) is 43.4 Å². The molecule has 4 nitrogen and oxygen atoms in total. The molecule has 5 heteroatoms. The first-order chi connectivity index (χ1) is 7.70. The third kappa shape index (κ3) is 2.39. The molecule has 0 radical (unpaired) electrons. The number of nitrogens with two attached hydrogens (primary N) is 1. The molecule has 88 valence electrons. The largest absolute Gasteiger partial charge is 0.397 e. The number of hydrogen-bond donors (Lipinski definition) is 1. The molecule has 1 aromatic rings. The highest BCUT2D eigenvalue weighted by molar-refractivity contribution is 6.32. The minimum Gasteiger partial charge on any atom is -0.397 e.